The summed E-state index contributed by atoms with van der Waals surface area (Å²) in [5.74, 6) is -0.761. The van der Waals surface area contributed by atoms with Gasteiger partial charge in [0.15, 0.2) is 0 Å². The van der Waals surface area contributed by atoms with E-state index < -0.39 is 5.91 Å². The average Bonchev–Trinajstić information content (AvgIpc) is 2.70. The fourth-order valence-electron chi connectivity index (χ4n) is 2.77. The molecule has 0 heterocycles. The van der Waals surface area contributed by atoms with Crippen molar-refractivity contribution in [3.05, 3.63) is 102 Å². The van der Waals surface area contributed by atoms with Crippen molar-refractivity contribution < 1.29 is 4.79 Å². The number of carbonyl (C=O) groups excluding carboxylic acids is 1. The molecule has 0 bridgehead atoms. The van der Waals surface area contributed by atoms with Crippen LogP contribution in [0.1, 0.15) is 5.56 Å². The first-order valence-corrected chi connectivity index (χ1v) is 8.12. The van der Waals surface area contributed by atoms with Crippen LogP contribution in [0.4, 0.5) is 11.4 Å². The van der Waals surface area contributed by atoms with Gasteiger partial charge in [-0.25, -0.2) is 0 Å². The number of nitrogens with two attached hydrogens (primary N) is 1. The quantitative estimate of drug-likeness (QED) is 0.558. The van der Waals surface area contributed by atoms with Crippen LogP contribution in [0.5, 0.6) is 0 Å². The number of benzene rings is 3. The molecule has 3 aromatic rings. The molecule has 126 valence electrons. The zero-order valence-corrected chi connectivity index (χ0v) is 14.0. The molecule has 1 amide bonds. The molecule has 3 aromatic carbocycles. The fourth-order valence-corrected chi connectivity index (χ4v) is 2.77. The van der Waals surface area contributed by atoms with Gasteiger partial charge >= 0.3 is 0 Å². The predicted octanol–water partition coefficient (Wildman–Crippen LogP) is 4.24. The number of anilines is 2. The molecule has 0 radical (unpaired) electrons. The second-order valence-electron chi connectivity index (χ2n) is 5.57. The molecule has 0 fully saturated rings. The third-order valence-corrected chi connectivity index (χ3v) is 3.89. The number of carbonyl (C=O) groups is 1. The summed E-state index contributed by atoms with van der Waals surface area (Å²) in [6, 6.07) is 30.4. The molecule has 0 aliphatic rings. The molecule has 0 spiro atoms. The van der Waals surface area contributed by atoms with Crippen molar-refractivity contribution in [2.45, 2.75) is 0 Å². The molecule has 0 aliphatic heterocycles. The lowest BCUT2D eigenvalue weighted by molar-refractivity contribution is -0.114. The van der Waals surface area contributed by atoms with E-state index in [2.05, 4.69) is 0 Å². The maximum absolute atomic E-state index is 12.0. The lowest BCUT2D eigenvalue weighted by Crippen LogP contribution is -2.23. The Kier molecular flexibility index (Phi) is 5.11. The van der Waals surface area contributed by atoms with Gasteiger partial charge in [0.05, 0.1) is 5.70 Å². The summed E-state index contributed by atoms with van der Waals surface area (Å²) < 4.78 is 0. The molecule has 0 saturated carbocycles. The Bertz CT molecular complexity index is 919. The van der Waals surface area contributed by atoms with Crippen LogP contribution >= 0.6 is 0 Å². The van der Waals surface area contributed by atoms with Crippen molar-refractivity contribution in [3.63, 3.8) is 0 Å². The summed E-state index contributed by atoms with van der Waals surface area (Å²) >= 11 is 0. The fraction of sp³-hybridized carbons (Fsp3) is 0. The zero-order valence-electron chi connectivity index (χ0n) is 14.0. The second kappa shape index (κ2) is 7.82. The van der Waals surface area contributed by atoms with E-state index in [1.54, 1.807) is 0 Å². The minimum absolute atomic E-state index is 0.0936. The third-order valence-electron chi connectivity index (χ3n) is 3.89. The maximum Gasteiger partial charge on any atom is 0.261 e. The smallest absolute Gasteiger partial charge is 0.261 e. The van der Waals surface area contributed by atoms with Gasteiger partial charge in [-0.3, -0.25) is 4.79 Å². The van der Waals surface area contributed by atoms with Crippen molar-refractivity contribution in [1.82, 2.24) is 0 Å². The van der Waals surface area contributed by atoms with Crippen molar-refractivity contribution in [2.75, 3.05) is 4.90 Å². The van der Waals surface area contributed by atoms with Crippen LogP contribution in [0.3, 0.4) is 0 Å². The molecule has 4 heteroatoms. The highest BCUT2D eigenvalue weighted by Gasteiger charge is 2.23. The van der Waals surface area contributed by atoms with E-state index in [0.29, 0.717) is 5.70 Å². The molecule has 4 nitrogen and oxygen atoms in total. The topological polar surface area (TPSA) is 70.1 Å². The van der Waals surface area contributed by atoms with Gasteiger partial charge in [-0.1, -0.05) is 66.7 Å². The number of primary amides is 1. The Morgan fingerprint density at radius 2 is 1.19 bits per heavy atom. The Balaban J connectivity index is 2.34. The molecule has 0 saturated heterocycles. The second-order valence-corrected chi connectivity index (χ2v) is 5.57. The van der Waals surface area contributed by atoms with Crippen LogP contribution in [0, 0.1) is 11.3 Å². The highest BCUT2D eigenvalue weighted by atomic mass is 16.1. The SMILES string of the molecule is N#C/C(C(N)=O)=C(/c1ccccc1)N(c1ccccc1)c1ccccc1. The Labute approximate surface area is 152 Å². The van der Waals surface area contributed by atoms with Crippen molar-refractivity contribution in [1.29, 1.82) is 5.26 Å². The van der Waals surface area contributed by atoms with Gasteiger partial charge in [-0.2, -0.15) is 5.26 Å². The minimum Gasteiger partial charge on any atom is -0.365 e. The van der Waals surface area contributed by atoms with Crippen LogP contribution < -0.4 is 10.6 Å². The van der Waals surface area contributed by atoms with E-state index in [0.717, 1.165) is 16.9 Å². The molecule has 0 atom stereocenters. The molecule has 0 aromatic heterocycles. The summed E-state index contributed by atoms with van der Waals surface area (Å²) in [6.45, 7) is 0. The molecular weight excluding hydrogens is 322 g/mol. The monoisotopic (exact) mass is 339 g/mol. The summed E-state index contributed by atoms with van der Waals surface area (Å²) in [4.78, 5) is 13.9. The largest absolute Gasteiger partial charge is 0.365 e. The van der Waals surface area contributed by atoms with Crippen LogP contribution in [0.15, 0.2) is 96.6 Å². The number of nitrogens with zero attached hydrogens (tertiary/aromatic N) is 2. The van der Waals surface area contributed by atoms with Gasteiger partial charge in [0, 0.05) is 16.9 Å². The van der Waals surface area contributed by atoms with E-state index in [-0.39, 0.29) is 5.57 Å². The average molecular weight is 339 g/mol. The van der Waals surface area contributed by atoms with E-state index in [4.69, 9.17) is 5.73 Å². The van der Waals surface area contributed by atoms with Crippen LogP contribution in [0.25, 0.3) is 5.70 Å². The first-order chi connectivity index (χ1) is 12.7. The first kappa shape index (κ1) is 17.0. The molecule has 3 rings (SSSR count). The third kappa shape index (κ3) is 3.47. The van der Waals surface area contributed by atoms with E-state index in [1.165, 1.54) is 0 Å². The van der Waals surface area contributed by atoms with Crippen molar-refractivity contribution >= 4 is 23.0 Å². The van der Waals surface area contributed by atoms with E-state index in [1.807, 2.05) is 102 Å². The highest BCUT2D eigenvalue weighted by Crippen LogP contribution is 2.36. The molecule has 0 unspecified atom stereocenters. The van der Waals surface area contributed by atoms with Gasteiger partial charge in [-0.15, -0.1) is 0 Å². The lowest BCUT2D eigenvalue weighted by Gasteiger charge is -2.28. The number of hydrogen-bond acceptors (Lipinski definition) is 3. The molecule has 0 aliphatic carbocycles. The lowest BCUT2D eigenvalue weighted by atomic mass is 10.0. The molecule has 26 heavy (non-hydrogen) atoms. The Morgan fingerprint density at radius 1 is 0.769 bits per heavy atom. The van der Waals surface area contributed by atoms with Crippen molar-refractivity contribution in [3.8, 4) is 6.07 Å². The van der Waals surface area contributed by atoms with Gasteiger partial charge in [0.1, 0.15) is 11.6 Å². The Hall–Kier alpha value is -3.84. The van der Waals surface area contributed by atoms with Gasteiger partial charge in [0.25, 0.3) is 5.91 Å². The highest BCUT2D eigenvalue weighted by molar-refractivity contribution is 6.08. The van der Waals surface area contributed by atoms with Crippen LogP contribution in [-0.2, 0) is 4.79 Å². The van der Waals surface area contributed by atoms with Gasteiger partial charge < -0.3 is 10.6 Å². The first-order valence-electron chi connectivity index (χ1n) is 8.12. The van der Waals surface area contributed by atoms with Crippen LogP contribution in [0.2, 0.25) is 0 Å². The summed E-state index contributed by atoms with van der Waals surface area (Å²) in [5, 5.41) is 9.64. The molecular formula is C22H17N3O. The van der Waals surface area contributed by atoms with Crippen LogP contribution in [-0.4, -0.2) is 5.91 Å². The van der Waals surface area contributed by atoms with Gasteiger partial charge in [-0.05, 0) is 24.3 Å². The number of hydrogen-bond donors (Lipinski definition) is 1. The zero-order chi connectivity index (χ0) is 18.4. The van der Waals surface area contributed by atoms with Gasteiger partial charge in [0.2, 0.25) is 0 Å². The van der Waals surface area contributed by atoms with E-state index >= 15 is 0 Å². The summed E-state index contributed by atoms with van der Waals surface area (Å²) in [7, 11) is 0. The standard InChI is InChI=1S/C22H17N3O/c23-16-20(22(24)26)21(17-10-4-1-5-11-17)25(18-12-6-2-7-13-18)19-14-8-3-9-15-19/h1-15H,(H2,24,26)/b21-20+. The van der Waals surface area contributed by atoms with Crippen molar-refractivity contribution in [2.24, 2.45) is 5.73 Å². The summed E-state index contributed by atoms with van der Waals surface area (Å²) in [6.07, 6.45) is 0. The number of nitriles is 1. The maximum atomic E-state index is 12.0. The normalized spacial score (nSPS) is 11.2. The number of para-hydroxylation sites is 2. The minimum atomic E-state index is -0.761. The van der Waals surface area contributed by atoms with E-state index in [9.17, 15) is 10.1 Å². The number of rotatable bonds is 5. The molecule has 2 N–H and O–H groups in total. The predicted molar refractivity (Wildman–Crippen MR) is 103 cm³/mol. The Morgan fingerprint density at radius 3 is 1.58 bits per heavy atom. The number of amides is 1. The summed E-state index contributed by atoms with van der Waals surface area (Å²) in [5.41, 5.74) is 8.28.